The first kappa shape index (κ1) is 10.9. The van der Waals surface area contributed by atoms with E-state index in [1.54, 1.807) is 0 Å². The van der Waals surface area contributed by atoms with Gasteiger partial charge in [0.2, 0.25) is 5.92 Å². The fourth-order valence-electron chi connectivity index (χ4n) is 1.49. The van der Waals surface area contributed by atoms with E-state index in [1.165, 1.54) is 0 Å². The molecule has 0 radical (unpaired) electrons. The highest BCUT2D eigenvalue weighted by molar-refractivity contribution is 4.76. The number of alkyl halides is 2. The van der Waals surface area contributed by atoms with Crippen molar-refractivity contribution in [1.29, 1.82) is 0 Å². The van der Waals surface area contributed by atoms with Gasteiger partial charge in [0.1, 0.15) is 0 Å². The number of hydrogen-bond acceptors (Lipinski definition) is 2. The van der Waals surface area contributed by atoms with Gasteiger partial charge in [-0.1, -0.05) is 0 Å². The van der Waals surface area contributed by atoms with Crippen LogP contribution in [0.3, 0.4) is 0 Å². The third kappa shape index (κ3) is 4.00. The van der Waals surface area contributed by atoms with Crippen LogP contribution >= 0.6 is 0 Å². The second-order valence-electron chi connectivity index (χ2n) is 3.49. The van der Waals surface area contributed by atoms with Crippen molar-refractivity contribution >= 4 is 0 Å². The molecule has 78 valence electrons. The van der Waals surface area contributed by atoms with Gasteiger partial charge in [0.25, 0.3) is 0 Å². The van der Waals surface area contributed by atoms with Crippen molar-refractivity contribution < 1.29 is 18.6 Å². The molecular formula is C9H16F2O2. The third-order valence-corrected chi connectivity index (χ3v) is 2.34. The first-order valence-electron chi connectivity index (χ1n) is 4.76. The minimum atomic E-state index is -2.44. The van der Waals surface area contributed by atoms with Gasteiger partial charge in [0.05, 0.1) is 13.2 Å². The molecule has 2 nitrogen and oxygen atoms in total. The minimum Gasteiger partial charge on any atom is -0.237 e. The SMILES string of the molecule is CCOOCC1CCC(F)(F)CC1. The van der Waals surface area contributed by atoms with E-state index in [1.807, 2.05) is 6.92 Å². The average molecular weight is 194 g/mol. The predicted octanol–water partition coefficient (Wildman–Crippen LogP) is 2.78. The Morgan fingerprint density at radius 1 is 1.23 bits per heavy atom. The number of halogens is 2. The van der Waals surface area contributed by atoms with Crippen LogP contribution in [0.2, 0.25) is 0 Å². The molecule has 0 bridgehead atoms. The van der Waals surface area contributed by atoms with Gasteiger partial charge in [-0.2, -0.15) is 0 Å². The molecule has 13 heavy (non-hydrogen) atoms. The molecule has 0 spiro atoms. The molecule has 0 aromatic rings. The van der Waals surface area contributed by atoms with E-state index in [-0.39, 0.29) is 18.8 Å². The zero-order valence-corrected chi connectivity index (χ0v) is 7.89. The molecule has 1 aliphatic rings. The molecule has 1 saturated carbocycles. The van der Waals surface area contributed by atoms with Crippen molar-refractivity contribution in [2.75, 3.05) is 13.2 Å². The maximum atomic E-state index is 12.7. The molecule has 0 N–H and O–H groups in total. The van der Waals surface area contributed by atoms with Crippen LogP contribution in [-0.4, -0.2) is 19.1 Å². The van der Waals surface area contributed by atoms with E-state index in [0.717, 1.165) is 0 Å². The lowest BCUT2D eigenvalue weighted by Crippen LogP contribution is -2.26. The van der Waals surface area contributed by atoms with Crippen LogP contribution in [0.4, 0.5) is 8.78 Å². The van der Waals surface area contributed by atoms with Gasteiger partial charge in [-0.05, 0) is 25.7 Å². The lowest BCUT2D eigenvalue weighted by atomic mass is 9.87. The maximum absolute atomic E-state index is 12.7. The van der Waals surface area contributed by atoms with Gasteiger partial charge in [0, 0.05) is 12.8 Å². The highest BCUT2D eigenvalue weighted by Crippen LogP contribution is 2.36. The lowest BCUT2D eigenvalue weighted by Gasteiger charge is -2.27. The summed E-state index contributed by atoms with van der Waals surface area (Å²) >= 11 is 0. The van der Waals surface area contributed by atoms with Crippen molar-refractivity contribution in [3.63, 3.8) is 0 Å². The molecule has 0 unspecified atom stereocenters. The number of rotatable bonds is 4. The van der Waals surface area contributed by atoms with Crippen molar-refractivity contribution in [2.24, 2.45) is 5.92 Å². The molecule has 0 aromatic carbocycles. The summed E-state index contributed by atoms with van der Waals surface area (Å²) in [6.45, 7) is 2.78. The Hall–Kier alpha value is -0.220. The Labute approximate surface area is 77.1 Å². The zero-order valence-electron chi connectivity index (χ0n) is 7.89. The predicted molar refractivity (Wildman–Crippen MR) is 44.5 cm³/mol. The summed E-state index contributed by atoms with van der Waals surface area (Å²) in [7, 11) is 0. The molecule has 0 amide bonds. The Bertz CT molecular complexity index is 141. The summed E-state index contributed by atoms with van der Waals surface area (Å²) in [5, 5.41) is 0. The molecule has 1 aliphatic carbocycles. The van der Waals surface area contributed by atoms with Gasteiger partial charge >= 0.3 is 0 Å². The summed E-state index contributed by atoms with van der Waals surface area (Å²) in [5.74, 6) is -2.20. The van der Waals surface area contributed by atoms with Crippen molar-refractivity contribution in [2.45, 2.75) is 38.5 Å². The Morgan fingerprint density at radius 2 is 1.85 bits per heavy atom. The molecule has 0 aromatic heterocycles. The van der Waals surface area contributed by atoms with Crippen molar-refractivity contribution in [1.82, 2.24) is 0 Å². The molecule has 0 aliphatic heterocycles. The van der Waals surface area contributed by atoms with E-state index in [4.69, 9.17) is 9.78 Å². The molecule has 0 saturated heterocycles. The van der Waals surface area contributed by atoms with E-state index < -0.39 is 5.92 Å². The van der Waals surface area contributed by atoms with Crippen LogP contribution in [0, 0.1) is 5.92 Å². The maximum Gasteiger partial charge on any atom is 0.248 e. The monoisotopic (exact) mass is 194 g/mol. The highest BCUT2D eigenvalue weighted by Gasteiger charge is 2.34. The minimum absolute atomic E-state index is 0.00679. The van der Waals surface area contributed by atoms with Gasteiger partial charge in [-0.25, -0.2) is 18.6 Å². The van der Waals surface area contributed by atoms with Crippen LogP contribution in [-0.2, 0) is 9.78 Å². The van der Waals surface area contributed by atoms with Gasteiger partial charge < -0.3 is 0 Å². The third-order valence-electron chi connectivity index (χ3n) is 2.34. The number of hydrogen-bond donors (Lipinski definition) is 0. The van der Waals surface area contributed by atoms with E-state index in [2.05, 4.69) is 0 Å². The normalized spacial score (nSPS) is 23.3. The average Bonchev–Trinajstić information content (AvgIpc) is 2.08. The second kappa shape index (κ2) is 4.86. The molecular weight excluding hydrogens is 178 g/mol. The van der Waals surface area contributed by atoms with Gasteiger partial charge in [-0.15, -0.1) is 0 Å². The quantitative estimate of drug-likeness (QED) is 0.389. The van der Waals surface area contributed by atoms with E-state index >= 15 is 0 Å². The standard InChI is InChI=1S/C9H16F2O2/c1-2-12-13-7-8-3-5-9(10,11)6-4-8/h8H,2-7H2,1H3. The topological polar surface area (TPSA) is 18.5 Å². The fourth-order valence-corrected chi connectivity index (χ4v) is 1.49. The molecule has 0 atom stereocenters. The van der Waals surface area contributed by atoms with E-state index in [9.17, 15) is 8.78 Å². The Morgan fingerprint density at radius 3 is 2.38 bits per heavy atom. The zero-order chi connectivity index (χ0) is 9.73. The largest absolute Gasteiger partial charge is 0.248 e. The van der Waals surface area contributed by atoms with Crippen LogP contribution < -0.4 is 0 Å². The summed E-state index contributed by atoms with van der Waals surface area (Å²) in [6, 6.07) is 0. The molecule has 1 fully saturated rings. The molecule has 4 heteroatoms. The summed E-state index contributed by atoms with van der Waals surface area (Å²) in [5.41, 5.74) is 0. The highest BCUT2D eigenvalue weighted by atomic mass is 19.3. The first-order chi connectivity index (χ1) is 6.14. The molecule has 0 heterocycles. The van der Waals surface area contributed by atoms with Crippen molar-refractivity contribution in [3.05, 3.63) is 0 Å². The van der Waals surface area contributed by atoms with E-state index in [0.29, 0.717) is 26.1 Å². The summed E-state index contributed by atoms with van der Waals surface area (Å²) in [6.07, 6.45) is 1.07. The van der Waals surface area contributed by atoms with Gasteiger partial charge in [0.15, 0.2) is 0 Å². The van der Waals surface area contributed by atoms with Crippen molar-refractivity contribution in [3.8, 4) is 0 Å². The van der Waals surface area contributed by atoms with Crippen LogP contribution in [0.25, 0.3) is 0 Å². The summed E-state index contributed by atoms with van der Waals surface area (Å²) in [4.78, 5) is 9.55. The summed E-state index contributed by atoms with van der Waals surface area (Å²) < 4.78 is 25.4. The Balaban J connectivity index is 2.11. The van der Waals surface area contributed by atoms with Crippen LogP contribution in [0.5, 0.6) is 0 Å². The first-order valence-corrected chi connectivity index (χ1v) is 4.76. The van der Waals surface area contributed by atoms with Crippen LogP contribution in [0.1, 0.15) is 32.6 Å². The smallest absolute Gasteiger partial charge is 0.237 e. The molecule has 1 rings (SSSR count). The van der Waals surface area contributed by atoms with Gasteiger partial charge in [-0.3, -0.25) is 0 Å². The van der Waals surface area contributed by atoms with Crippen LogP contribution in [0.15, 0.2) is 0 Å². The Kier molecular flexibility index (Phi) is 4.06. The fraction of sp³-hybridized carbons (Fsp3) is 1.00. The second-order valence-corrected chi connectivity index (χ2v) is 3.49. The lowest BCUT2D eigenvalue weighted by molar-refractivity contribution is -0.300.